The number of rotatable bonds is 4. The van der Waals surface area contributed by atoms with Crippen LogP contribution in [-0.2, 0) is 15.4 Å². The Morgan fingerprint density at radius 3 is 2.52 bits per heavy atom. The van der Waals surface area contributed by atoms with Crippen molar-refractivity contribution < 1.29 is 22.7 Å². The fourth-order valence-corrected chi connectivity index (χ4v) is 3.53. The van der Waals surface area contributed by atoms with Crippen molar-refractivity contribution in [1.82, 2.24) is 4.98 Å². The second-order valence-electron chi connectivity index (χ2n) is 5.32. The van der Waals surface area contributed by atoms with Crippen LogP contribution in [0.25, 0.3) is 0 Å². The highest BCUT2D eigenvalue weighted by Crippen LogP contribution is 2.28. The highest BCUT2D eigenvalue weighted by molar-refractivity contribution is 7.92. The zero-order valence-electron chi connectivity index (χ0n) is 11.6. The number of aromatic nitrogens is 1. The third kappa shape index (κ3) is 3.42. The number of nitrogens with one attached hydrogen (secondary N) is 1. The SMILES string of the molecule is CC(C)(C)c1csc(NS(=O)(=O)c2ccc(C(=O)O)o2)n1. The average molecular weight is 330 g/mol. The Balaban J connectivity index is 2.24. The minimum atomic E-state index is -3.99. The van der Waals surface area contributed by atoms with Gasteiger partial charge in [0.2, 0.25) is 10.9 Å². The number of carboxylic acids is 1. The average Bonchev–Trinajstić information content (AvgIpc) is 2.94. The lowest BCUT2D eigenvalue weighted by molar-refractivity contribution is 0.0656. The van der Waals surface area contributed by atoms with Crippen LogP contribution in [0.5, 0.6) is 0 Å². The maximum atomic E-state index is 12.1. The van der Waals surface area contributed by atoms with E-state index >= 15 is 0 Å². The molecule has 0 radical (unpaired) electrons. The van der Waals surface area contributed by atoms with Crippen LogP contribution in [0.3, 0.4) is 0 Å². The van der Waals surface area contributed by atoms with Gasteiger partial charge in [0.1, 0.15) is 0 Å². The van der Waals surface area contributed by atoms with Crippen molar-refractivity contribution in [3.8, 4) is 0 Å². The Labute approximate surface area is 125 Å². The lowest BCUT2D eigenvalue weighted by Gasteiger charge is -2.14. The molecule has 0 aliphatic carbocycles. The number of anilines is 1. The van der Waals surface area contributed by atoms with Gasteiger partial charge in [0, 0.05) is 10.8 Å². The molecule has 7 nitrogen and oxygen atoms in total. The summed E-state index contributed by atoms with van der Waals surface area (Å²) in [6.45, 7) is 5.89. The molecule has 2 rings (SSSR count). The highest BCUT2D eigenvalue weighted by Gasteiger charge is 2.24. The first kappa shape index (κ1) is 15.5. The van der Waals surface area contributed by atoms with Crippen LogP contribution in [0, 0.1) is 0 Å². The molecule has 2 aromatic heterocycles. The van der Waals surface area contributed by atoms with E-state index in [1.807, 2.05) is 20.8 Å². The van der Waals surface area contributed by atoms with Crippen LogP contribution < -0.4 is 4.72 Å². The van der Waals surface area contributed by atoms with Crippen LogP contribution in [-0.4, -0.2) is 24.5 Å². The van der Waals surface area contributed by atoms with Crippen LogP contribution in [0.1, 0.15) is 37.0 Å². The van der Waals surface area contributed by atoms with Gasteiger partial charge in [-0.15, -0.1) is 11.3 Å². The summed E-state index contributed by atoms with van der Waals surface area (Å²) in [7, 11) is -3.99. The van der Waals surface area contributed by atoms with Crippen molar-refractivity contribution in [3.63, 3.8) is 0 Å². The summed E-state index contributed by atoms with van der Waals surface area (Å²) in [5.74, 6) is -1.77. The number of furan rings is 1. The van der Waals surface area contributed by atoms with E-state index in [2.05, 4.69) is 9.71 Å². The molecule has 0 unspecified atom stereocenters. The molecular weight excluding hydrogens is 316 g/mol. The number of aromatic carboxylic acids is 1. The molecule has 0 bridgehead atoms. The molecule has 0 spiro atoms. The van der Waals surface area contributed by atoms with Gasteiger partial charge in [0.05, 0.1) is 5.69 Å². The van der Waals surface area contributed by atoms with Gasteiger partial charge in [-0.3, -0.25) is 4.72 Å². The van der Waals surface area contributed by atoms with Crippen LogP contribution >= 0.6 is 11.3 Å². The van der Waals surface area contributed by atoms with E-state index in [9.17, 15) is 13.2 Å². The first-order valence-corrected chi connectivity index (χ1v) is 8.28. The van der Waals surface area contributed by atoms with E-state index in [1.165, 1.54) is 0 Å². The highest BCUT2D eigenvalue weighted by atomic mass is 32.2. The van der Waals surface area contributed by atoms with Crippen molar-refractivity contribution in [1.29, 1.82) is 0 Å². The maximum Gasteiger partial charge on any atom is 0.371 e. The van der Waals surface area contributed by atoms with E-state index in [1.54, 1.807) is 5.38 Å². The van der Waals surface area contributed by atoms with E-state index in [4.69, 9.17) is 9.52 Å². The van der Waals surface area contributed by atoms with Gasteiger partial charge < -0.3 is 9.52 Å². The normalized spacial score (nSPS) is 12.3. The molecule has 114 valence electrons. The van der Waals surface area contributed by atoms with Gasteiger partial charge in [0.25, 0.3) is 10.0 Å². The topological polar surface area (TPSA) is 110 Å². The summed E-state index contributed by atoms with van der Waals surface area (Å²) in [5, 5.41) is 10.2. The second-order valence-corrected chi connectivity index (χ2v) is 7.79. The smallest absolute Gasteiger partial charge is 0.371 e. The molecule has 21 heavy (non-hydrogen) atoms. The van der Waals surface area contributed by atoms with Gasteiger partial charge >= 0.3 is 5.97 Å². The van der Waals surface area contributed by atoms with Gasteiger partial charge in [-0.2, -0.15) is 8.42 Å². The number of hydrogen-bond donors (Lipinski definition) is 2. The molecular formula is C12H14N2O5S2. The van der Waals surface area contributed by atoms with Crippen molar-refractivity contribution in [3.05, 3.63) is 29.0 Å². The molecule has 0 fully saturated rings. The number of carboxylic acid groups (broad SMARTS) is 1. The van der Waals surface area contributed by atoms with Gasteiger partial charge in [0.15, 0.2) is 5.13 Å². The first-order valence-electron chi connectivity index (χ1n) is 5.91. The van der Waals surface area contributed by atoms with Crippen molar-refractivity contribution in [2.24, 2.45) is 0 Å². The van der Waals surface area contributed by atoms with E-state index < -0.39 is 26.8 Å². The van der Waals surface area contributed by atoms with Crippen molar-refractivity contribution >= 4 is 32.5 Å². The van der Waals surface area contributed by atoms with E-state index in [-0.39, 0.29) is 10.5 Å². The largest absolute Gasteiger partial charge is 0.475 e. The lowest BCUT2D eigenvalue weighted by Crippen LogP contribution is -2.14. The Kier molecular flexibility index (Phi) is 3.81. The molecule has 0 aliphatic rings. The fraction of sp³-hybridized carbons (Fsp3) is 0.333. The molecule has 9 heteroatoms. The molecule has 0 aliphatic heterocycles. The summed E-state index contributed by atoms with van der Waals surface area (Å²) in [6.07, 6.45) is 0. The van der Waals surface area contributed by atoms with Gasteiger partial charge in [-0.25, -0.2) is 9.78 Å². The number of hydrogen-bond acceptors (Lipinski definition) is 6. The Morgan fingerprint density at radius 1 is 1.38 bits per heavy atom. The zero-order valence-corrected chi connectivity index (χ0v) is 13.2. The summed E-state index contributed by atoms with van der Waals surface area (Å²) >= 11 is 1.15. The number of nitrogens with zero attached hydrogens (tertiary/aromatic N) is 1. The van der Waals surface area contributed by atoms with Crippen LogP contribution in [0.15, 0.2) is 27.0 Å². The number of sulfonamides is 1. The molecule has 2 aromatic rings. The van der Waals surface area contributed by atoms with E-state index in [0.717, 1.165) is 29.2 Å². The number of thiazole rings is 1. The van der Waals surface area contributed by atoms with E-state index in [0.29, 0.717) is 0 Å². The molecule has 2 N–H and O–H groups in total. The summed E-state index contributed by atoms with van der Waals surface area (Å²) < 4.78 is 31.2. The fourth-order valence-electron chi connectivity index (χ4n) is 1.41. The van der Waals surface area contributed by atoms with Crippen molar-refractivity contribution in [2.75, 3.05) is 4.72 Å². The monoisotopic (exact) mass is 330 g/mol. The third-order valence-corrected chi connectivity index (χ3v) is 4.65. The maximum absolute atomic E-state index is 12.1. The quantitative estimate of drug-likeness (QED) is 0.891. The summed E-state index contributed by atoms with van der Waals surface area (Å²) in [4.78, 5) is 14.9. The minimum absolute atomic E-state index is 0.193. The minimum Gasteiger partial charge on any atom is -0.475 e. The molecule has 0 atom stereocenters. The predicted octanol–water partition coefficient (Wildman–Crippen LogP) is 2.53. The Bertz CT molecular complexity index is 768. The van der Waals surface area contributed by atoms with Crippen LogP contribution in [0.4, 0.5) is 5.13 Å². The molecule has 2 heterocycles. The van der Waals surface area contributed by atoms with Crippen molar-refractivity contribution in [2.45, 2.75) is 31.3 Å². The van der Waals surface area contributed by atoms with Gasteiger partial charge in [-0.05, 0) is 12.1 Å². The summed E-state index contributed by atoms with van der Waals surface area (Å²) in [5.41, 5.74) is 0.567. The van der Waals surface area contributed by atoms with Gasteiger partial charge in [-0.1, -0.05) is 20.8 Å². The van der Waals surface area contributed by atoms with Crippen LogP contribution in [0.2, 0.25) is 0 Å². The second kappa shape index (κ2) is 5.15. The zero-order chi connectivity index (χ0) is 15.8. The molecule has 0 saturated carbocycles. The Morgan fingerprint density at radius 2 is 2.05 bits per heavy atom. The summed E-state index contributed by atoms with van der Waals surface area (Å²) in [6, 6.07) is 2.17. The Hall–Kier alpha value is -1.87. The number of carbonyl (C=O) groups is 1. The third-order valence-electron chi connectivity index (χ3n) is 2.55. The lowest BCUT2D eigenvalue weighted by atomic mass is 9.93. The molecule has 0 saturated heterocycles. The molecule has 0 aromatic carbocycles. The predicted molar refractivity (Wildman–Crippen MR) is 77.3 cm³/mol. The first-order chi connectivity index (χ1) is 9.59. The standard InChI is InChI=1S/C12H14N2O5S2/c1-12(2,3)8-6-20-11(13-8)14-21(17,18)9-5-4-7(19-9)10(15)16/h4-6H,1-3H3,(H,13,14)(H,15,16). The molecule has 0 amide bonds.